The van der Waals surface area contributed by atoms with Gasteiger partial charge in [-0.05, 0) is 51.1 Å². The van der Waals surface area contributed by atoms with Crippen LogP contribution in [0, 0.1) is 5.92 Å². The summed E-state index contributed by atoms with van der Waals surface area (Å²) in [4.78, 5) is 2.72. The summed E-state index contributed by atoms with van der Waals surface area (Å²) in [6, 6.07) is 0. The van der Waals surface area contributed by atoms with E-state index >= 15 is 0 Å². The maximum absolute atomic E-state index is 6.25. The Morgan fingerprint density at radius 2 is 1.68 bits per heavy atom. The van der Waals surface area contributed by atoms with Crippen molar-refractivity contribution in [3.05, 3.63) is 0 Å². The Kier molecular flexibility index (Phi) is 8.01. The number of nitrogens with zero attached hydrogens (tertiary/aromatic N) is 1. The van der Waals surface area contributed by atoms with E-state index in [4.69, 9.17) is 5.73 Å². The van der Waals surface area contributed by atoms with Crippen LogP contribution in [0.5, 0.6) is 0 Å². The zero-order valence-corrected chi connectivity index (χ0v) is 13.6. The molecule has 114 valence electrons. The van der Waals surface area contributed by atoms with Crippen LogP contribution >= 0.6 is 0 Å². The SMILES string of the molecule is CCCC1CCCC(CN)(N(CCC)CCC)CC1. The predicted octanol–water partition coefficient (Wildman–Crippen LogP) is 4.19. The molecule has 1 saturated carbocycles. The van der Waals surface area contributed by atoms with Crippen LogP contribution in [0.25, 0.3) is 0 Å². The van der Waals surface area contributed by atoms with Crippen molar-refractivity contribution in [3.8, 4) is 0 Å². The maximum Gasteiger partial charge on any atom is 0.0331 e. The molecule has 1 aliphatic carbocycles. The highest BCUT2D eigenvalue weighted by molar-refractivity contribution is 4.94. The molecular formula is C17H36N2. The first-order chi connectivity index (χ1) is 9.22. The molecule has 0 aromatic heterocycles. The minimum Gasteiger partial charge on any atom is -0.329 e. The first-order valence-electron chi connectivity index (χ1n) is 8.67. The topological polar surface area (TPSA) is 29.3 Å². The minimum atomic E-state index is 0.314. The lowest BCUT2D eigenvalue weighted by atomic mass is 9.86. The minimum absolute atomic E-state index is 0.314. The van der Waals surface area contributed by atoms with Crippen LogP contribution in [0.15, 0.2) is 0 Å². The van der Waals surface area contributed by atoms with Crippen molar-refractivity contribution in [1.82, 2.24) is 4.90 Å². The van der Waals surface area contributed by atoms with Gasteiger partial charge < -0.3 is 5.73 Å². The van der Waals surface area contributed by atoms with Gasteiger partial charge in [-0.3, -0.25) is 4.90 Å². The van der Waals surface area contributed by atoms with Crippen molar-refractivity contribution in [2.75, 3.05) is 19.6 Å². The van der Waals surface area contributed by atoms with E-state index in [9.17, 15) is 0 Å². The standard InChI is InChI=1S/C17H36N2/c1-4-8-16-9-7-11-17(15-18,12-10-16)19(13-5-2)14-6-3/h16H,4-15,18H2,1-3H3. The van der Waals surface area contributed by atoms with E-state index in [1.54, 1.807) is 0 Å². The van der Waals surface area contributed by atoms with Gasteiger partial charge in [-0.1, -0.05) is 46.5 Å². The average molecular weight is 268 g/mol. The summed E-state index contributed by atoms with van der Waals surface area (Å²) in [5.74, 6) is 0.962. The van der Waals surface area contributed by atoms with Gasteiger partial charge in [0.05, 0.1) is 0 Å². The van der Waals surface area contributed by atoms with Crippen molar-refractivity contribution in [3.63, 3.8) is 0 Å². The molecule has 0 aromatic carbocycles. The monoisotopic (exact) mass is 268 g/mol. The number of hydrogen-bond donors (Lipinski definition) is 1. The molecule has 0 aromatic rings. The first kappa shape index (κ1) is 17.0. The molecule has 1 rings (SSSR count). The molecular weight excluding hydrogens is 232 g/mol. The molecule has 0 heterocycles. The van der Waals surface area contributed by atoms with E-state index in [0.717, 1.165) is 12.5 Å². The van der Waals surface area contributed by atoms with Gasteiger partial charge in [0.1, 0.15) is 0 Å². The summed E-state index contributed by atoms with van der Waals surface area (Å²) in [5.41, 5.74) is 6.56. The molecule has 2 heteroatoms. The molecule has 2 N–H and O–H groups in total. The molecule has 2 atom stereocenters. The summed E-state index contributed by atoms with van der Waals surface area (Å²) >= 11 is 0. The number of hydrogen-bond acceptors (Lipinski definition) is 2. The van der Waals surface area contributed by atoms with Crippen LogP contribution in [0.2, 0.25) is 0 Å². The fourth-order valence-corrected chi connectivity index (χ4v) is 3.93. The lowest BCUT2D eigenvalue weighted by Crippen LogP contribution is -2.54. The van der Waals surface area contributed by atoms with E-state index in [-0.39, 0.29) is 0 Å². The Balaban J connectivity index is 2.71. The molecule has 2 unspecified atom stereocenters. The van der Waals surface area contributed by atoms with Crippen molar-refractivity contribution < 1.29 is 0 Å². The van der Waals surface area contributed by atoms with E-state index < -0.39 is 0 Å². The van der Waals surface area contributed by atoms with Gasteiger partial charge in [-0.2, -0.15) is 0 Å². The van der Waals surface area contributed by atoms with Crippen LogP contribution < -0.4 is 5.73 Å². The third-order valence-corrected chi connectivity index (χ3v) is 5.01. The van der Waals surface area contributed by atoms with Crippen LogP contribution in [0.1, 0.15) is 78.6 Å². The highest BCUT2D eigenvalue weighted by Crippen LogP contribution is 2.36. The first-order valence-corrected chi connectivity index (χ1v) is 8.67. The molecule has 1 fully saturated rings. The van der Waals surface area contributed by atoms with Gasteiger partial charge in [0.2, 0.25) is 0 Å². The zero-order chi connectivity index (χ0) is 14.1. The highest BCUT2D eigenvalue weighted by atomic mass is 15.2. The lowest BCUT2D eigenvalue weighted by molar-refractivity contribution is 0.0764. The third kappa shape index (κ3) is 4.75. The van der Waals surface area contributed by atoms with Gasteiger partial charge in [0, 0.05) is 12.1 Å². The molecule has 1 aliphatic rings. The highest BCUT2D eigenvalue weighted by Gasteiger charge is 2.36. The van der Waals surface area contributed by atoms with Gasteiger partial charge in [0.15, 0.2) is 0 Å². The second-order valence-corrected chi connectivity index (χ2v) is 6.50. The summed E-state index contributed by atoms with van der Waals surface area (Å²) in [6.07, 6.45) is 12.1. The predicted molar refractivity (Wildman–Crippen MR) is 85.4 cm³/mol. The summed E-state index contributed by atoms with van der Waals surface area (Å²) < 4.78 is 0. The molecule has 0 spiro atoms. The second kappa shape index (κ2) is 8.97. The van der Waals surface area contributed by atoms with Crippen LogP contribution in [-0.2, 0) is 0 Å². The Morgan fingerprint density at radius 1 is 1.00 bits per heavy atom. The van der Waals surface area contributed by atoms with Crippen LogP contribution in [-0.4, -0.2) is 30.1 Å². The van der Waals surface area contributed by atoms with Crippen molar-refractivity contribution >= 4 is 0 Å². The van der Waals surface area contributed by atoms with Gasteiger partial charge >= 0.3 is 0 Å². The summed E-state index contributed by atoms with van der Waals surface area (Å²) in [6.45, 7) is 10.2. The van der Waals surface area contributed by atoms with E-state index in [0.29, 0.717) is 5.54 Å². The Bertz CT molecular complexity index is 223. The Hall–Kier alpha value is -0.0800. The normalized spacial score (nSPS) is 28.6. The molecule has 19 heavy (non-hydrogen) atoms. The number of rotatable bonds is 8. The molecule has 0 saturated heterocycles. The van der Waals surface area contributed by atoms with Gasteiger partial charge in [-0.15, -0.1) is 0 Å². The smallest absolute Gasteiger partial charge is 0.0331 e. The summed E-state index contributed by atoms with van der Waals surface area (Å²) in [5, 5.41) is 0. The fraction of sp³-hybridized carbons (Fsp3) is 1.00. The average Bonchev–Trinajstić information content (AvgIpc) is 2.62. The van der Waals surface area contributed by atoms with Crippen LogP contribution in [0.3, 0.4) is 0 Å². The zero-order valence-electron chi connectivity index (χ0n) is 13.6. The van der Waals surface area contributed by atoms with Gasteiger partial charge in [0.25, 0.3) is 0 Å². The van der Waals surface area contributed by atoms with Crippen molar-refractivity contribution in [2.45, 2.75) is 84.1 Å². The van der Waals surface area contributed by atoms with Crippen molar-refractivity contribution in [2.24, 2.45) is 11.7 Å². The Morgan fingerprint density at radius 3 is 2.21 bits per heavy atom. The van der Waals surface area contributed by atoms with E-state index in [1.807, 2.05) is 0 Å². The molecule has 0 amide bonds. The van der Waals surface area contributed by atoms with E-state index in [2.05, 4.69) is 25.7 Å². The molecule has 2 nitrogen and oxygen atoms in total. The Labute approximate surface area is 121 Å². The molecule has 0 radical (unpaired) electrons. The maximum atomic E-state index is 6.25. The quantitative estimate of drug-likeness (QED) is 0.669. The second-order valence-electron chi connectivity index (χ2n) is 6.50. The third-order valence-electron chi connectivity index (χ3n) is 5.01. The van der Waals surface area contributed by atoms with Gasteiger partial charge in [-0.25, -0.2) is 0 Å². The molecule has 0 bridgehead atoms. The van der Waals surface area contributed by atoms with Crippen molar-refractivity contribution in [1.29, 1.82) is 0 Å². The largest absolute Gasteiger partial charge is 0.329 e. The summed E-state index contributed by atoms with van der Waals surface area (Å²) in [7, 11) is 0. The number of nitrogens with two attached hydrogens (primary N) is 1. The van der Waals surface area contributed by atoms with Crippen LogP contribution in [0.4, 0.5) is 0 Å². The molecule has 0 aliphatic heterocycles. The van der Waals surface area contributed by atoms with E-state index in [1.165, 1.54) is 70.9 Å². The fourth-order valence-electron chi connectivity index (χ4n) is 3.93. The lowest BCUT2D eigenvalue weighted by Gasteiger charge is -2.43.